The number of thiazole rings is 1. The summed E-state index contributed by atoms with van der Waals surface area (Å²) in [6, 6.07) is 10.2. The van der Waals surface area contributed by atoms with Gasteiger partial charge in [-0.25, -0.2) is 4.98 Å². The van der Waals surface area contributed by atoms with Crippen LogP contribution in [0, 0.1) is 0 Å². The summed E-state index contributed by atoms with van der Waals surface area (Å²) in [5.41, 5.74) is 3.93. The third-order valence-corrected chi connectivity index (χ3v) is 6.33. The first kappa shape index (κ1) is 19.8. The van der Waals surface area contributed by atoms with Gasteiger partial charge in [-0.1, -0.05) is 50.6 Å². The highest BCUT2D eigenvalue weighted by Crippen LogP contribution is 2.28. The third kappa shape index (κ3) is 4.41. The van der Waals surface area contributed by atoms with Crippen molar-refractivity contribution in [1.29, 1.82) is 0 Å². The second kappa shape index (κ2) is 8.88. The number of benzene rings is 1. The lowest BCUT2D eigenvalue weighted by molar-refractivity contribution is 0.102. The zero-order chi connectivity index (χ0) is 20.2. The predicted octanol–water partition coefficient (Wildman–Crippen LogP) is 3.97. The number of hydrogen-bond donors (Lipinski definition) is 1. The monoisotopic (exact) mass is 409 g/mol. The van der Waals surface area contributed by atoms with E-state index in [9.17, 15) is 4.79 Å². The molecule has 1 N–H and O–H groups in total. The minimum Gasteiger partial charge on any atom is -0.298 e. The average Bonchev–Trinajstić information content (AvgIpc) is 3.32. The van der Waals surface area contributed by atoms with Crippen LogP contribution in [0.3, 0.4) is 0 Å². The second-order valence-electron chi connectivity index (χ2n) is 7.36. The Morgan fingerprint density at radius 2 is 2.07 bits per heavy atom. The van der Waals surface area contributed by atoms with Crippen LogP contribution in [0.2, 0.25) is 0 Å². The molecular weight excluding hydrogens is 382 g/mol. The van der Waals surface area contributed by atoms with Crippen molar-refractivity contribution in [1.82, 2.24) is 19.7 Å². The van der Waals surface area contributed by atoms with E-state index in [-0.39, 0.29) is 5.91 Å². The Morgan fingerprint density at radius 3 is 2.83 bits per heavy atom. The molecule has 3 aromatic rings. The van der Waals surface area contributed by atoms with Gasteiger partial charge in [0.05, 0.1) is 29.7 Å². The Hall–Kier alpha value is -2.51. The molecule has 2 aromatic heterocycles. The van der Waals surface area contributed by atoms with Crippen molar-refractivity contribution in [3.05, 3.63) is 63.9 Å². The van der Waals surface area contributed by atoms with E-state index in [4.69, 9.17) is 0 Å². The number of nitrogens with zero attached hydrogens (tertiary/aromatic N) is 4. The third-order valence-electron chi connectivity index (χ3n) is 5.33. The molecule has 0 saturated heterocycles. The van der Waals surface area contributed by atoms with Crippen LogP contribution in [-0.2, 0) is 25.9 Å². The van der Waals surface area contributed by atoms with Gasteiger partial charge in [0.25, 0.3) is 5.91 Å². The number of amides is 1. The number of fused-ring (bicyclic) bond motifs is 1. The molecule has 0 fully saturated rings. The number of rotatable bonds is 7. The largest absolute Gasteiger partial charge is 0.298 e. The van der Waals surface area contributed by atoms with E-state index >= 15 is 0 Å². The average molecular weight is 410 g/mol. The number of carbonyl (C=O) groups excluding carboxylic acids is 1. The second-order valence-corrected chi connectivity index (χ2v) is 8.44. The van der Waals surface area contributed by atoms with Gasteiger partial charge in [-0.05, 0) is 18.5 Å². The molecule has 0 atom stereocenters. The highest BCUT2D eigenvalue weighted by atomic mass is 32.1. The summed E-state index contributed by atoms with van der Waals surface area (Å²) in [5, 5.41) is 8.22. The Morgan fingerprint density at radius 1 is 1.24 bits per heavy atom. The van der Waals surface area contributed by atoms with Crippen molar-refractivity contribution < 1.29 is 4.79 Å². The van der Waals surface area contributed by atoms with Crippen molar-refractivity contribution >= 4 is 22.4 Å². The zero-order valence-corrected chi connectivity index (χ0v) is 17.8. The fraction of sp³-hybridized carbons (Fsp3) is 0.409. The van der Waals surface area contributed by atoms with Crippen molar-refractivity contribution in [2.24, 2.45) is 0 Å². The smallest absolute Gasteiger partial charge is 0.260 e. The molecule has 0 spiro atoms. The van der Waals surface area contributed by atoms with Crippen molar-refractivity contribution in [2.45, 2.75) is 46.2 Å². The summed E-state index contributed by atoms with van der Waals surface area (Å²) in [7, 11) is 0. The first-order valence-corrected chi connectivity index (χ1v) is 11.1. The van der Waals surface area contributed by atoms with E-state index in [1.165, 1.54) is 10.4 Å². The lowest BCUT2D eigenvalue weighted by atomic mass is 10.1. The van der Waals surface area contributed by atoms with Crippen LogP contribution >= 0.6 is 11.3 Å². The maximum Gasteiger partial charge on any atom is 0.260 e. The molecule has 1 aliphatic heterocycles. The van der Waals surface area contributed by atoms with E-state index < -0.39 is 0 Å². The highest BCUT2D eigenvalue weighted by Gasteiger charge is 2.22. The van der Waals surface area contributed by atoms with Gasteiger partial charge in [-0.3, -0.25) is 19.7 Å². The zero-order valence-electron chi connectivity index (χ0n) is 17.0. The first-order valence-electron chi connectivity index (χ1n) is 10.3. The molecule has 3 heterocycles. The Labute approximate surface area is 175 Å². The van der Waals surface area contributed by atoms with Crippen LogP contribution in [0.5, 0.6) is 0 Å². The number of anilines is 1. The van der Waals surface area contributed by atoms with E-state index in [0.717, 1.165) is 50.3 Å². The summed E-state index contributed by atoms with van der Waals surface area (Å²) >= 11 is 1.59. The van der Waals surface area contributed by atoms with Gasteiger partial charge in [-0.15, -0.1) is 11.3 Å². The summed E-state index contributed by atoms with van der Waals surface area (Å²) < 4.78 is 1.94. The number of aromatic nitrogens is 3. The SMILES string of the molecule is CCCc1c(C(=O)Nc2nc3c(s2)CN(CC)CC3)cnn1Cc1ccccc1. The number of hydrogen-bond acceptors (Lipinski definition) is 5. The molecule has 1 aliphatic rings. The van der Waals surface area contributed by atoms with Gasteiger partial charge in [0.15, 0.2) is 5.13 Å². The van der Waals surface area contributed by atoms with Gasteiger partial charge in [0.2, 0.25) is 0 Å². The Balaban J connectivity index is 1.52. The molecule has 7 heteroatoms. The fourth-order valence-electron chi connectivity index (χ4n) is 3.73. The van der Waals surface area contributed by atoms with Crippen LogP contribution in [0.25, 0.3) is 0 Å². The van der Waals surface area contributed by atoms with Crippen LogP contribution < -0.4 is 5.32 Å². The summed E-state index contributed by atoms with van der Waals surface area (Å²) in [5.74, 6) is -0.119. The lowest BCUT2D eigenvalue weighted by Crippen LogP contribution is -2.29. The minimum absolute atomic E-state index is 0.119. The lowest BCUT2D eigenvalue weighted by Gasteiger charge is -2.23. The molecule has 0 unspecified atom stereocenters. The van der Waals surface area contributed by atoms with E-state index in [2.05, 4.69) is 46.3 Å². The molecule has 0 aliphatic carbocycles. The van der Waals surface area contributed by atoms with Crippen LogP contribution in [0.1, 0.15) is 52.5 Å². The number of carbonyl (C=O) groups is 1. The van der Waals surface area contributed by atoms with Gasteiger partial charge >= 0.3 is 0 Å². The molecule has 0 bridgehead atoms. The van der Waals surface area contributed by atoms with Crippen LogP contribution in [0.15, 0.2) is 36.5 Å². The summed E-state index contributed by atoms with van der Waals surface area (Å²) in [4.78, 5) is 21.3. The molecule has 29 heavy (non-hydrogen) atoms. The molecule has 1 aromatic carbocycles. The first-order chi connectivity index (χ1) is 14.2. The molecule has 0 radical (unpaired) electrons. The van der Waals surface area contributed by atoms with Gasteiger partial charge in [0, 0.05) is 24.4 Å². The Kier molecular flexibility index (Phi) is 6.06. The van der Waals surface area contributed by atoms with Crippen molar-refractivity contribution in [2.75, 3.05) is 18.4 Å². The standard InChI is InChI=1S/C22H27N5OS/c1-3-8-19-17(13-23-27(19)14-16-9-6-5-7-10-16)21(28)25-22-24-18-11-12-26(4-2)15-20(18)29-22/h5-7,9-10,13H,3-4,8,11-12,14-15H2,1-2H3,(H,24,25,28). The molecular formula is C22H27N5OS. The number of nitrogens with one attached hydrogen (secondary N) is 1. The molecule has 152 valence electrons. The van der Waals surface area contributed by atoms with E-state index in [1.807, 2.05) is 22.9 Å². The fourth-order valence-corrected chi connectivity index (χ4v) is 4.78. The molecule has 1 amide bonds. The molecule has 4 rings (SSSR count). The molecule has 6 nitrogen and oxygen atoms in total. The summed E-state index contributed by atoms with van der Waals surface area (Å²) in [6.45, 7) is 7.97. The van der Waals surface area contributed by atoms with Gasteiger partial charge in [0.1, 0.15) is 0 Å². The van der Waals surface area contributed by atoms with Gasteiger partial charge in [-0.2, -0.15) is 5.10 Å². The normalized spacial score (nSPS) is 14.0. The summed E-state index contributed by atoms with van der Waals surface area (Å²) in [6.07, 6.45) is 4.41. The topological polar surface area (TPSA) is 63.1 Å². The van der Waals surface area contributed by atoms with E-state index in [0.29, 0.717) is 17.2 Å². The Bertz CT molecular complexity index is 979. The maximum absolute atomic E-state index is 13.0. The quantitative estimate of drug-likeness (QED) is 0.641. The maximum atomic E-state index is 13.0. The predicted molar refractivity (Wildman–Crippen MR) is 116 cm³/mol. The molecule has 0 saturated carbocycles. The van der Waals surface area contributed by atoms with Crippen molar-refractivity contribution in [3.63, 3.8) is 0 Å². The number of likely N-dealkylation sites (N-methyl/N-ethyl adjacent to an activating group) is 1. The van der Waals surface area contributed by atoms with Crippen molar-refractivity contribution in [3.8, 4) is 0 Å². The van der Waals surface area contributed by atoms with E-state index in [1.54, 1.807) is 17.5 Å². The highest BCUT2D eigenvalue weighted by molar-refractivity contribution is 7.15. The minimum atomic E-state index is -0.119. The van der Waals surface area contributed by atoms with Crippen LogP contribution in [0.4, 0.5) is 5.13 Å². The van der Waals surface area contributed by atoms with Gasteiger partial charge < -0.3 is 0 Å². The van der Waals surface area contributed by atoms with Crippen LogP contribution in [-0.4, -0.2) is 38.7 Å².